The fraction of sp³-hybridized carbons (Fsp3) is 0.214. The van der Waals surface area contributed by atoms with Gasteiger partial charge >= 0.3 is 35.5 Å². The Morgan fingerprint density at radius 2 is 2.22 bits per heavy atom. The van der Waals surface area contributed by atoms with Crippen LogP contribution in [0.15, 0.2) is 34.5 Å². The maximum absolute atomic E-state index is 12.4. The van der Waals surface area contributed by atoms with E-state index >= 15 is 0 Å². The number of β-lactam (4-membered cyclic amide) rings is 1. The number of nitrogens with zero attached hydrogens (tertiary/aromatic N) is 3. The number of carbonyl (C=O) groups is 3. The average molecular weight is 419 g/mol. The number of thiazole rings is 1. The molecule has 3 rings (SSSR count). The molecular weight excluding hydrogens is 405 g/mol. The number of nitrogens with two attached hydrogens (primary N) is 1. The predicted octanol–water partition coefficient (Wildman–Crippen LogP) is -0.820. The summed E-state index contributed by atoms with van der Waals surface area (Å²) in [5.41, 5.74) is 5.49. The number of aliphatic carboxylic acids is 1. The number of nitrogens with one attached hydrogen (secondary N) is 1. The minimum atomic E-state index is -1.24. The quantitative estimate of drug-likeness (QED) is 0.158. The van der Waals surface area contributed by atoms with Crippen LogP contribution in [0.5, 0.6) is 0 Å². The van der Waals surface area contributed by atoms with Gasteiger partial charge in [0.05, 0.1) is 0 Å². The van der Waals surface area contributed by atoms with Crippen molar-refractivity contribution in [3.8, 4) is 0 Å². The number of nitrogen functional groups attached to an aromatic ring is 1. The number of carbonyl (C=O) groups excluding carboxylic acids is 2. The molecule has 138 valence electrons. The van der Waals surface area contributed by atoms with Crippen molar-refractivity contribution >= 4 is 81.3 Å². The van der Waals surface area contributed by atoms with E-state index in [2.05, 4.69) is 22.0 Å². The van der Waals surface area contributed by atoms with Gasteiger partial charge in [-0.2, -0.15) is 0 Å². The first-order chi connectivity index (χ1) is 12.4. The van der Waals surface area contributed by atoms with Crippen molar-refractivity contribution in [3.63, 3.8) is 0 Å². The van der Waals surface area contributed by atoms with Crippen LogP contribution in [0.3, 0.4) is 0 Å². The predicted molar refractivity (Wildman–Crippen MR) is 102 cm³/mol. The minimum absolute atomic E-state index is 0. The zero-order valence-electron chi connectivity index (χ0n) is 13.1. The van der Waals surface area contributed by atoms with Gasteiger partial charge in [-0.1, -0.05) is 17.8 Å². The van der Waals surface area contributed by atoms with Gasteiger partial charge in [-0.25, -0.2) is 9.78 Å². The van der Waals surface area contributed by atoms with Crippen LogP contribution in [-0.4, -0.2) is 90.4 Å². The molecule has 2 aliphatic heterocycles. The number of hydrogen-bond acceptors (Lipinski definition) is 9. The molecular formula is C14H14N5NaO5S2. The van der Waals surface area contributed by atoms with Gasteiger partial charge in [0.25, 0.3) is 11.8 Å². The summed E-state index contributed by atoms with van der Waals surface area (Å²) < 4.78 is 0. The van der Waals surface area contributed by atoms with Crippen LogP contribution in [0.25, 0.3) is 0 Å². The molecule has 3 heterocycles. The summed E-state index contributed by atoms with van der Waals surface area (Å²) in [6.45, 7) is 3.56. The van der Waals surface area contributed by atoms with Gasteiger partial charge in [-0.15, -0.1) is 23.1 Å². The second kappa shape index (κ2) is 8.44. The van der Waals surface area contributed by atoms with Crippen LogP contribution >= 0.6 is 23.1 Å². The molecule has 1 saturated heterocycles. The topological polar surface area (TPSA) is 158 Å². The molecule has 13 heteroatoms. The molecule has 0 spiro atoms. The molecule has 5 N–H and O–H groups in total. The summed E-state index contributed by atoms with van der Waals surface area (Å²) >= 11 is 2.37. The standard InChI is InChI=1S/C14H13N5O5S2.Na.H/c1-2-5-3-25-12-8(11(21)19(12)9(5)13(22)23)17-10(20)7(18-24)6-4-26-14(15)16-6;;/h2,4,8,12,24H,1,3H2,(H2,15,16)(H,17,20)(H,22,23);;/b18-7-;;/t8-,12-;;/m1../s1. The number of allylic oxidation sites excluding steroid dienone is 1. The zero-order valence-corrected chi connectivity index (χ0v) is 14.7. The first kappa shape index (κ1) is 21.4. The summed E-state index contributed by atoms with van der Waals surface area (Å²) in [4.78, 5) is 41.2. The van der Waals surface area contributed by atoms with Crippen molar-refractivity contribution in [2.75, 3.05) is 11.5 Å². The first-order valence-corrected chi connectivity index (χ1v) is 9.09. The Balaban J connectivity index is 0.00000261. The number of anilines is 1. The Hall–Kier alpha value is -1.86. The molecule has 0 aromatic carbocycles. The van der Waals surface area contributed by atoms with Crippen LogP contribution < -0.4 is 11.1 Å². The van der Waals surface area contributed by atoms with Gasteiger partial charge in [-0.05, 0) is 5.57 Å². The third-order valence-electron chi connectivity index (χ3n) is 3.81. The van der Waals surface area contributed by atoms with E-state index in [1.54, 1.807) is 0 Å². The average Bonchev–Trinajstić information content (AvgIpc) is 3.04. The van der Waals surface area contributed by atoms with E-state index in [4.69, 9.17) is 10.9 Å². The molecule has 27 heavy (non-hydrogen) atoms. The molecule has 0 radical (unpaired) electrons. The summed E-state index contributed by atoms with van der Waals surface area (Å²) in [6, 6.07) is -0.944. The molecule has 0 unspecified atom stereocenters. The molecule has 10 nitrogen and oxygen atoms in total. The van der Waals surface area contributed by atoms with Crippen LogP contribution in [0, 0.1) is 0 Å². The Morgan fingerprint density at radius 3 is 2.74 bits per heavy atom. The van der Waals surface area contributed by atoms with Crippen molar-refractivity contribution in [2.45, 2.75) is 11.4 Å². The van der Waals surface area contributed by atoms with Gasteiger partial charge in [-0.3, -0.25) is 14.5 Å². The Kier molecular flexibility index (Phi) is 6.70. The van der Waals surface area contributed by atoms with Crippen molar-refractivity contribution in [2.24, 2.45) is 5.16 Å². The number of amides is 2. The van der Waals surface area contributed by atoms with E-state index in [-0.39, 0.29) is 51.8 Å². The Bertz CT molecular complexity index is 883. The van der Waals surface area contributed by atoms with Crippen molar-refractivity contribution < 1.29 is 24.7 Å². The number of carboxylic acid groups (broad SMARTS) is 1. The zero-order chi connectivity index (χ0) is 19.0. The fourth-order valence-corrected chi connectivity index (χ4v) is 4.51. The van der Waals surface area contributed by atoms with Gasteiger partial charge in [0.15, 0.2) is 10.8 Å². The monoisotopic (exact) mass is 419 g/mol. The van der Waals surface area contributed by atoms with Crippen molar-refractivity contribution in [1.29, 1.82) is 0 Å². The van der Waals surface area contributed by atoms with Crippen molar-refractivity contribution in [1.82, 2.24) is 15.2 Å². The van der Waals surface area contributed by atoms with Crippen LogP contribution in [-0.2, 0) is 14.4 Å². The van der Waals surface area contributed by atoms with E-state index in [1.165, 1.54) is 23.2 Å². The molecule has 1 fully saturated rings. The fourth-order valence-electron chi connectivity index (χ4n) is 2.62. The van der Waals surface area contributed by atoms with Gasteiger partial charge in [0.2, 0.25) is 0 Å². The second-order valence-corrected chi connectivity index (χ2v) is 7.26. The maximum atomic E-state index is 12.4. The van der Waals surface area contributed by atoms with Crippen molar-refractivity contribution in [3.05, 3.63) is 35.0 Å². The van der Waals surface area contributed by atoms with E-state index in [0.29, 0.717) is 11.3 Å². The van der Waals surface area contributed by atoms with Crippen LogP contribution in [0.4, 0.5) is 5.13 Å². The number of fused-ring (bicyclic) bond motifs is 1. The van der Waals surface area contributed by atoms with Gasteiger partial charge in [0.1, 0.15) is 22.8 Å². The first-order valence-electron chi connectivity index (χ1n) is 7.16. The molecule has 0 saturated carbocycles. The van der Waals surface area contributed by atoms with E-state index < -0.39 is 29.2 Å². The summed E-state index contributed by atoms with van der Waals surface area (Å²) in [6.07, 6.45) is 1.40. The van der Waals surface area contributed by atoms with Gasteiger partial charge in [0, 0.05) is 11.1 Å². The number of hydrogen-bond donors (Lipinski definition) is 4. The SMILES string of the molecule is C=CC1=C(C(=O)O)N2C(=O)[C@@H](NC(=O)/C(=N\O)c3csc(N)n3)[C@H]2SC1.[NaH]. The molecule has 1 aromatic rings. The molecule has 2 amide bonds. The molecule has 2 aliphatic rings. The number of rotatable bonds is 5. The Morgan fingerprint density at radius 1 is 1.52 bits per heavy atom. The Labute approximate surface area is 183 Å². The summed E-state index contributed by atoms with van der Waals surface area (Å²) in [5.74, 6) is -2.27. The van der Waals surface area contributed by atoms with E-state index in [9.17, 15) is 19.5 Å². The number of oxime groups is 1. The summed E-state index contributed by atoms with van der Waals surface area (Å²) in [7, 11) is 0. The van der Waals surface area contributed by atoms with Crippen LogP contribution in [0.1, 0.15) is 5.69 Å². The summed E-state index contributed by atoms with van der Waals surface area (Å²) in [5, 5.41) is 24.9. The second-order valence-electron chi connectivity index (χ2n) is 5.26. The van der Waals surface area contributed by atoms with Gasteiger partial charge < -0.3 is 21.4 Å². The normalized spacial score (nSPS) is 21.7. The third-order valence-corrected chi connectivity index (χ3v) is 5.79. The molecule has 0 aliphatic carbocycles. The number of aromatic nitrogens is 1. The van der Waals surface area contributed by atoms with E-state index in [1.807, 2.05) is 0 Å². The number of carboxylic acids is 1. The third kappa shape index (κ3) is 3.75. The van der Waals surface area contributed by atoms with Crippen LogP contribution in [0.2, 0.25) is 0 Å². The molecule has 1 aromatic heterocycles. The molecule has 2 atom stereocenters. The molecule has 0 bridgehead atoms. The number of thioether (sulfide) groups is 1. The van der Waals surface area contributed by atoms with E-state index in [0.717, 1.165) is 16.2 Å².